The number of imidazole rings is 4. The van der Waals surface area contributed by atoms with Crippen LogP contribution in [0.2, 0.25) is 0 Å². The molecule has 8 aliphatic heterocycles. The lowest BCUT2D eigenvalue weighted by Gasteiger charge is -2.20. The number of nitrogens with zero attached hydrogens (tertiary/aromatic N) is 12. The molecule has 136 heavy (non-hydrogen) atoms. The van der Waals surface area contributed by atoms with Crippen molar-refractivity contribution >= 4 is 163 Å². The molecule has 25 N–H and O–H groups in total. The molecule has 0 aliphatic carbocycles. The number of carbonyl (C=O) groups excluding carboxylic acids is 4. The lowest BCUT2D eigenvalue weighted by atomic mass is 10.0. The van der Waals surface area contributed by atoms with Crippen LogP contribution in [0.25, 0.3) is 69.0 Å². The Morgan fingerprint density at radius 1 is 0.338 bits per heavy atom. The van der Waals surface area contributed by atoms with Gasteiger partial charge < -0.3 is 108 Å². The number of rotatable bonds is 0. The molecule has 53 nitrogen and oxygen atoms in total. The Balaban J connectivity index is 0.000000126. The van der Waals surface area contributed by atoms with Crippen LogP contribution < -0.4 is 47.1 Å². The van der Waals surface area contributed by atoms with Gasteiger partial charge in [0.1, 0.15) is 136 Å². The van der Waals surface area contributed by atoms with E-state index in [1.807, 2.05) is 0 Å². The van der Waals surface area contributed by atoms with E-state index in [9.17, 15) is 114 Å². The van der Waals surface area contributed by atoms with Crippen molar-refractivity contribution in [1.29, 1.82) is 0 Å². The van der Waals surface area contributed by atoms with Gasteiger partial charge in [0.15, 0.2) is 47.5 Å². The maximum Gasteiger partial charge on any atom is 0.362 e. The summed E-state index contributed by atoms with van der Waals surface area (Å²) < 4.78 is 153. The summed E-state index contributed by atoms with van der Waals surface area (Å²) in [5.74, 6) is -5.34. The number of pyridine rings is 4. The van der Waals surface area contributed by atoms with Crippen LogP contribution in [0.1, 0.15) is 106 Å². The lowest BCUT2D eigenvalue weighted by molar-refractivity contribution is -0.0481. The third-order valence-electron chi connectivity index (χ3n) is 22.5. The van der Waals surface area contributed by atoms with E-state index in [0.29, 0.717) is 56.3 Å². The second-order valence-electron chi connectivity index (χ2n) is 31.2. The Labute approximate surface area is 764 Å². The number of aliphatic hydroxyl groups excluding tert-OH is 8. The number of nitrogens with two attached hydrogens (primary N) is 4. The maximum atomic E-state index is 12.7. The minimum Gasteiger partial charge on any atom is -0.507 e. The Bertz CT molecular complexity index is 6940. The zero-order valence-corrected chi connectivity index (χ0v) is 72.7. The van der Waals surface area contributed by atoms with Crippen molar-refractivity contribution in [2.75, 3.05) is 54.7 Å². The van der Waals surface area contributed by atoms with Crippen LogP contribution in [-0.4, -0.2) is 276 Å². The number of amides is 4. The zero-order valence-electron chi connectivity index (χ0n) is 69.4. The molecule has 0 radical (unpaired) electrons. The second kappa shape index (κ2) is 36.7. The minimum absolute atomic E-state index is 0.101. The number of hydrogen-bond acceptors (Lipinski definition) is 45. The average molecular weight is 1960 g/mol. The Morgan fingerprint density at radius 2 is 0.640 bits per heavy atom. The van der Waals surface area contributed by atoms with Gasteiger partial charge in [-0.2, -0.15) is 33.7 Å². The summed E-state index contributed by atoms with van der Waals surface area (Å²) >= 11 is 0. The van der Waals surface area contributed by atoms with Crippen molar-refractivity contribution < 1.29 is 150 Å². The summed E-state index contributed by atoms with van der Waals surface area (Å²) in [6.07, 6.45) is -10.1. The number of ether oxygens (including phenoxy) is 4. The molecular weight excluding hydrogens is 1880 g/mol. The van der Waals surface area contributed by atoms with Gasteiger partial charge in [0.25, 0.3) is 23.6 Å². The van der Waals surface area contributed by atoms with E-state index in [1.54, 1.807) is 31.0 Å². The Kier molecular flexibility index (Phi) is 25.3. The van der Waals surface area contributed by atoms with E-state index >= 15 is 0 Å². The van der Waals surface area contributed by atoms with E-state index in [-0.39, 0.29) is 98.4 Å². The SMILES string of the molecule is Nc1ccnc2c1nc1n2[C@@H]2O[C@H](COS(=O)(=O)NC(=O)c3c(O)cccc3/C=C/1)[C@@H](O)[C@H]2O.Nc1ccnc2c1nc1n2[C@@H]2O[C@H](COS(=O)(=O)NC(=O)c3c(O)cccc3/C=C\1)[C@@H](O)[C@H]2O.Nc1ccnc2c1nc1n2[C@@H]2O[C@H](COS(=O)(=O)NC(=O)c3c(O)cccc3CC1)[C@@H](O)[C@H]2O.Nc1ccnc2c1nc1n2[C@@H]2O[C@H](COS(=O)(=O)NC(=O)c3c(O)cccc3CN1)[C@@H](O)[C@H]2O. The molecular formula is C79H79N21O32S4. The van der Waals surface area contributed by atoms with E-state index in [4.69, 9.17) is 58.6 Å². The van der Waals surface area contributed by atoms with Crippen LogP contribution in [0, 0.1) is 0 Å². The van der Waals surface area contributed by atoms with Gasteiger partial charge in [0, 0.05) is 37.8 Å². The first-order valence-electron chi connectivity index (χ1n) is 40.4. The largest absolute Gasteiger partial charge is 0.507 e. The first kappa shape index (κ1) is 93.9. The molecule has 8 bridgehead atoms. The van der Waals surface area contributed by atoms with E-state index in [0.717, 1.165) is 0 Å². The first-order chi connectivity index (χ1) is 64.6. The lowest BCUT2D eigenvalue weighted by Crippen LogP contribution is -2.38. The number of benzene rings is 4. The maximum absolute atomic E-state index is 12.7. The van der Waals surface area contributed by atoms with Crippen LogP contribution in [0.15, 0.2) is 122 Å². The fourth-order valence-corrected chi connectivity index (χ4v) is 18.9. The molecule has 0 spiro atoms. The predicted molar refractivity (Wildman–Crippen MR) is 466 cm³/mol. The second-order valence-corrected chi connectivity index (χ2v) is 36.6. The van der Waals surface area contributed by atoms with Gasteiger partial charge in [-0.3, -0.25) is 54.2 Å². The molecule has 12 aromatic rings. The number of aromatic hydroxyl groups is 4. The van der Waals surface area contributed by atoms with Gasteiger partial charge in [-0.1, -0.05) is 60.7 Å². The van der Waals surface area contributed by atoms with Crippen molar-refractivity contribution in [1.82, 2.24) is 77.0 Å². The van der Waals surface area contributed by atoms with E-state index in [2.05, 4.69) is 45.2 Å². The third-order valence-corrected chi connectivity index (χ3v) is 26.1. The van der Waals surface area contributed by atoms with Gasteiger partial charge in [-0.25, -0.2) is 58.8 Å². The van der Waals surface area contributed by atoms with E-state index in [1.165, 1.54) is 152 Å². The Hall–Kier alpha value is -13.9. The summed E-state index contributed by atoms with van der Waals surface area (Å²) in [4.78, 5) is 85.8. The number of aliphatic hydroxyl groups is 8. The quantitative estimate of drug-likeness (QED) is 0.0725. The standard InChI is InChI=1S/C20H21N5O8S.2C20H19N5O8S.C19H20N6O8S/c3*21-10-6-7-22-18-15(10)23-13-5-4-9-2-1-3-11(26)14(9)19(29)24-34(30,31)32-8-12-16(27)17(28)20(33-12)25(13)18;20-9-4-5-21-16-13(9)23-19-22-6-8-2-1-3-10(26)12(8)17(29)24-34(30,31)32-7-11-14(27)15(28)18(33-11)25(16)19/h1-3,6-7,12,16-17,20,26-28H,4-5,8H2,(H2,21,22)(H,24,29);2*1-7,12,16-17,20,26-28H,8H2,(H2,21,22)(H,24,29);1-5,11,14-15,18,26-28H,6-7H2,(H2,20,21)(H,22,23)(H,24,29)/b;5-4+;5-4-;/t3*12-,16-,17-,20-;11-,14-,15-,18-/m1111/s1. The molecule has 716 valence electrons. The molecule has 4 fully saturated rings. The molecule has 16 atom stereocenters. The highest BCUT2D eigenvalue weighted by Gasteiger charge is 2.51. The van der Waals surface area contributed by atoms with Crippen LogP contribution in [0.4, 0.5) is 28.7 Å². The number of aromatic nitrogens is 12. The highest BCUT2D eigenvalue weighted by Crippen LogP contribution is 2.43. The fraction of sp³-hybridized carbons (Fsp3) is 0.291. The number of carbonyl (C=O) groups is 4. The third kappa shape index (κ3) is 18.2. The van der Waals surface area contributed by atoms with Crippen molar-refractivity contribution in [3.63, 3.8) is 0 Å². The molecule has 4 amide bonds. The fourth-order valence-electron chi connectivity index (χ4n) is 16.1. The van der Waals surface area contributed by atoms with Gasteiger partial charge >= 0.3 is 41.2 Å². The van der Waals surface area contributed by atoms with Gasteiger partial charge in [-0.15, -0.1) is 0 Å². The topological polar surface area (TPSA) is 809 Å². The van der Waals surface area contributed by atoms with Crippen LogP contribution in [0.5, 0.6) is 23.0 Å². The Morgan fingerprint density at radius 3 is 1.02 bits per heavy atom. The van der Waals surface area contributed by atoms with E-state index < -0.39 is 212 Å². The van der Waals surface area contributed by atoms with Crippen LogP contribution in [-0.2, 0) is 96.3 Å². The zero-order chi connectivity index (χ0) is 96.8. The minimum atomic E-state index is -4.65. The number of phenolic OH excluding ortho intramolecular Hbond substituents is 4. The van der Waals surface area contributed by atoms with Crippen molar-refractivity contribution in [3.8, 4) is 23.0 Å². The average Bonchev–Trinajstić information content (AvgIpc) is 1.61. The smallest absolute Gasteiger partial charge is 0.362 e. The summed E-state index contributed by atoms with van der Waals surface area (Å²) in [6.45, 7) is -2.93. The molecule has 0 saturated carbocycles. The molecule has 0 unspecified atom stereocenters. The highest BCUT2D eigenvalue weighted by atomic mass is 32.2. The molecule has 57 heteroatoms. The van der Waals surface area contributed by atoms with Crippen molar-refractivity contribution in [2.45, 2.75) is 118 Å². The number of fused-ring (bicyclic) bond motifs is 28. The molecule has 16 heterocycles. The van der Waals surface area contributed by atoms with Gasteiger partial charge in [0.05, 0.1) is 71.4 Å². The highest BCUT2D eigenvalue weighted by molar-refractivity contribution is 7.86. The first-order valence-corrected chi connectivity index (χ1v) is 46.0. The number of phenols is 4. The number of nitrogen functional groups attached to an aromatic ring is 4. The van der Waals surface area contributed by atoms with Crippen LogP contribution in [0.3, 0.4) is 0 Å². The normalized spacial score (nSPS) is 27.1. The summed E-state index contributed by atoms with van der Waals surface area (Å²) in [6, 6.07) is 23.1. The number of aryl methyl sites for hydroxylation is 2. The summed E-state index contributed by atoms with van der Waals surface area (Å²) in [5.41, 5.74) is 27.4. The number of anilines is 5. The molecule has 4 aromatic carbocycles. The van der Waals surface area contributed by atoms with Crippen molar-refractivity contribution in [3.05, 3.63) is 184 Å². The summed E-state index contributed by atoms with van der Waals surface area (Å²) in [5, 5.41) is 129. The summed E-state index contributed by atoms with van der Waals surface area (Å²) in [7, 11) is -18.6. The molecule has 8 aromatic heterocycles. The number of hydrogen-bond donors (Lipinski definition) is 21. The van der Waals surface area contributed by atoms with Gasteiger partial charge in [-0.05, 0) is 89.4 Å². The molecule has 20 rings (SSSR count). The molecule has 8 aliphatic rings. The van der Waals surface area contributed by atoms with Gasteiger partial charge in [0.2, 0.25) is 5.95 Å². The number of nitrogens with one attached hydrogen (secondary N) is 5. The monoisotopic (exact) mass is 1960 g/mol. The van der Waals surface area contributed by atoms with Crippen molar-refractivity contribution in [2.24, 2.45) is 0 Å². The molecule has 4 saturated heterocycles. The predicted octanol–water partition coefficient (Wildman–Crippen LogP) is -2.89. The van der Waals surface area contributed by atoms with Crippen LogP contribution >= 0.6 is 0 Å².